The third-order valence-corrected chi connectivity index (χ3v) is 9.12. The first-order valence-electron chi connectivity index (χ1n) is 15.0. The molecule has 4 aromatic rings. The molecule has 0 radical (unpaired) electrons. The van der Waals surface area contributed by atoms with E-state index in [2.05, 4.69) is 28.1 Å². The number of alkyl halides is 1. The van der Waals surface area contributed by atoms with E-state index in [1.165, 1.54) is 0 Å². The first-order chi connectivity index (χ1) is 20.8. The molecule has 0 spiro atoms. The Bertz CT molecular complexity index is 1630. The molecule has 0 unspecified atom stereocenters. The Morgan fingerprint density at radius 3 is 2.60 bits per heavy atom. The van der Waals surface area contributed by atoms with Gasteiger partial charge in [-0.25, -0.2) is 22.7 Å². The van der Waals surface area contributed by atoms with Crippen LogP contribution in [0.25, 0.3) is 16.8 Å². The molecule has 2 fully saturated rings. The average molecular weight is 589 g/mol. The Labute approximate surface area is 248 Å². The van der Waals surface area contributed by atoms with E-state index in [9.17, 15) is 0 Å². The summed E-state index contributed by atoms with van der Waals surface area (Å²) in [5.74, 6) is -0.668. The van der Waals surface area contributed by atoms with E-state index in [-0.39, 0.29) is 53.6 Å². The first-order valence-corrected chi connectivity index (χ1v) is 15.0. The molecule has 7 nitrogen and oxygen atoms in total. The van der Waals surface area contributed by atoms with Crippen LogP contribution in [0.4, 0.5) is 13.2 Å². The van der Waals surface area contributed by atoms with Gasteiger partial charge in [0.25, 0.3) is 0 Å². The van der Waals surface area contributed by atoms with Crippen LogP contribution in [0.3, 0.4) is 0 Å². The van der Waals surface area contributed by atoms with Crippen LogP contribution in [0.2, 0.25) is 0 Å². The van der Waals surface area contributed by atoms with Gasteiger partial charge in [0.05, 0.1) is 48.2 Å². The van der Waals surface area contributed by atoms with Gasteiger partial charge in [-0.1, -0.05) is 6.92 Å². The summed E-state index contributed by atoms with van der Waals surface area (Å²) in [5.41, 5.74) is 7.51. The van der Waals surface area contributed by atoms with Crippen LogP contribution >= 0.6 is 0 Å². The molecule has 0 amide bonds. The second kappa shape index (κ2) is 12.1. The maximum atomic E-state index is 15.3. The lowest BCUT2D eigenvalue weighted by Crippen LogP contribution is -2.46. The molecular weight excluding hydrogens is 553 g/mol. The molecule has 6 rings (SSSR count). The number of nitriles is 1. The van der Waals surface area contributed by atoms with E-state index in [1.54, 1.807) is 29.0 Å². The molecule has 3 aromatic heterocycles. The summed E-state index contributed by atoms with van der Waals surface area (Å²) in [6.07, 6.45) is 9.46. The normalized spacial score (nSPS) is 23.4. The topological polar surface area (TPSA) is 102 Å². The highest BCUT2D eigenvalue weighted by Gasteiger charge is 2.37. The van der Waals surface area contributed by atoms with Crippen molar-refractivity contribution in [2.45, 2.75) is 82.0 Å². The van der Waals surface area contributed by atoms with Crippen molar-refractivity contribution in [1.29, 1.82) is 5.26 Å². The minimum absolute atomic E-state index is 0.0501. The highest BCUT2D eigenvalue weighted by molar-refractivity contribution is 5.63. The molecule has 2 aliphatic carbocycles. The Morgan fingerprint density at radius 2 is 1.88 bits per heavy atom. The van der Waals surface area contributed by atoms with Crippen molar-refractivity contribution < 1.29 is 17.9 Å². The number of nitrogens with two attached hydrogens (primary N) is 1. The predicted octanol–water partition coefficient (Wildman–Crippen LogP) is 6.54. The van der Waals surface area contributed by atoms with Gasteiger partial charge in [0.1, 0.15) is 23.1 Å². The number of nitrogens with zero attached hydrogens (tertiary/aromatic N) is 5. The van der Waals surface area contributed by atoms with Crippen LogP contribution in [0.5, 0.6) is 0 Å². The minimum atomic E-state index is -1.69. The first kappa shape index (κ1) is 29.3. The second-order valence-corrected chi connectivity index (χ2v) is 12.0. The van der Waals surface area contributed by atoms with E-state index in [1.807, 2.05) is 12.3 Å². The quantitative estimate of drug-likeness (QED) is 0.235. The molecule has 3 heterocycles. The maximum Gasteiger partial charge on any atom is 0.136 e. The van der Waals surface area contributed by atoms with Gasteiger partial charge in [0.2, 0.25) is 0 Å². The Hall–Kier alpha value is -3.81. The number of hydrogen-bond acceptors (Lipinski definition) is 6. The highest BCUT2D eigenvalue weighted by atomic mass is 19.1. The van der Waals surface area contributed by atoms with Crippen molar-refractivity contribution in [3.63, 3.8) is 0 Å². The summed E-state index contributed by atoms with van der Waals surface area (Å²) in [5, 5.41) is 13.4. The zero-order valence-electron chi connectivity index (χ0n) is 24.1. The molecule has 43 heavy (non-hydrogen) atoms. The Kier molecular flexibility index (Phi) is 8.21. The van der Waals surface area contributed by atoms with Crippen molar-refractivity contribution in [3.05, 3.63) is 83.1 Å². The Morgan fingerprint density at radius 1 is 1.12 bits per heavy atom. The van der Waals surface area contributed by atoms with Gasteiger partial charge < -0.3 is 10.5 Å². The standard InChI is InChI=1S/C33H35F3N6O/c1-20-13-21(14-28(38)32(20)43-12-4-10-37)25-7-11-39-18-22(25)15-30-40-19-24-5-6-29(41-42(24)30)31-26(34)16-23(17-27(31)35)33(36)8-2-3-9-33/h5-7,11,16-21,28,32H,2-4,8-9,12-15,38H2,1H3/t20-,21+,28+,32-/m0/s1. The van der Waals surface area contributed by atoms with Crippen LogP contribution in [-0.4, -0.2) is 38.3 Å². The van der Waals surface area contributed by atoms with Crippen molar-refractivity contribution in [1.82, 2.24) is 19.6 Å². The zero-order valence-corrected chi connectivity index (χ0v) is 24.1. The fraction of sp³-hybridized carbons (Fsp3) is 0.455. The van der Waals surface area contributed by atoms with Gasteiger partial charge in [-0.15, -0.1) is 0 Å². The zero-order chi connectivity index (χ0) is 30.1. The molecule has 2 aliphatic rings. The van der Waals surface area contributed by atoms with Crippen molar-refractivity contribution in [2.75, 3.05) is 6.61 Å². The lowest BCUT2D eigenvalue weighted by atomic mass is 9.73. The van der Waals surface area contributed by atoms with Crippen molar-refractivity contribution in [3.8, 4) is 17.3 Å². The summed E-state index contributed by atoms with van der Waals surface area (Å²) < 4.78 is 53.4. The number of hydrogen-bond donors (Lipinski definition) is 1. The summed E-state index contributed by atoms with van der Waals surface area (Å²) in [6, 6.07) is 9.46. The van der Waals surface area contributed by atoms with Crippen LogP contribution < -0.4 is 5.73 Å². The number of aromatic nitrogens is 4. The number of halogens is 3. The molecule has 0 saturated heterocycles. The molecule has 0 aliphatic heterocycles. The molecule has 10 heteroatoms. The van der Waals surface area contributed by atoms with Crippen molar-refractivity contribution >= 4 is 5.52 Å². The van der Waals surface area contributed by atoms with Crippen LogP contribution in [0, 0.1) is 28.9 Å². The third-order valence-electron chi connectivity index (χ3n) is 9.12. The average Bonchev–Trinajstić information content (AvgIpc) is 3.61. The molecule has 224 valence electrons. The lowest BCUT2D eigenvalue weighted by Gasteiger charge is -2.39. The second-order valence-electron chi connectivity index (χ2n) is 12.0. The third kappa shape index (κ3) is 5.76. The summed E-state index contributed by atoms with van der Waals surface area (Å²) in [6.45, 7) is 2.50. The van der Waals surface area contributed by atoms with E-state index in [0.717, 1.165) is 36.1 Å². The summed E-state index contributed by atoms with van der Waals surface area (Å²) in [7, 11) is 0. The fourth-order valence-electron chi connectivity index (χ4n) is 6.99. The maximum absolute atomic E-state index is 15.3. The molecule has 0 bridgehead atoms. The van der Waals surface area contributed by atoms with Gasteiger partial charge in [0.15, 0.2) is 0 Å². The van der Waals surface area contributed by atoms with Gasteiger partial charge >= 0.3 is 0 Å². The largest absolute Gasteiger partial charge is 0.375 e. The molecule has 2 saturated carbocycles. The Balaban J connectivity index is 1.27. The summed E-state index contributed by atoms with van der Waals surface area (Å²) in [4.78, 5) is 8.94. The fourth-order valence-corrected chi connectivity index (χ4v) is 6.99. The SMILES string of the molecule is C[C@H]1C[C@@H](c2ccncc2Cc2ncc3ccc(-c4c(F)cc(C5(F)CCCC5)cc4F)nn23)C[C@@H](N)[C@H]1OCCC#N. The monoisotopic (exact) mass is 588 g/mol. The van der Waals surface area contributed by atoms with Crippen molar-refractivity contribution in [2.24, 2.45) is 11.7 Å². The van der Waals surface area contributed by atoms with Crippen LogP contribution in [-0.2, 0) is 16.8 Å². The van der Waals surface area contributed by atoms with Gasteiger partial charge in [-0.05, 0) is 97.4 Å². The molecule has 1 aromatic carbocycles. The lowest BCUT2D eigenvalue weighted by molar-refractivity contribution is -0.0199. The number of rotatable bonds is 8. The molecule has 4 atom stereocenters. The minimum Gasteiger partial charge on any atom is -0.375 e. The number of pyridine rings is 1. The van der Waals surface area contributed by atoms with E-state index in [4.69, 9.17) is 15.7 Å². The van der Waals surface area contributed by atoms with Crippen LogP contribution in [0.15, 0.2) is 48.9 Å². The number of fused-ring (bicyclic) bond motifs is 1. The van der Waals surface area contributed by atoms with Gasteiger partial charge in [0, 0.05) is 24.9 Å². The van der Waals surface area contributed by atoms with E-state index in [0.29, 0.717) is 43.6 Å². The van der Waals surface area contributed by atoms with Gasteiger partial charge in [-0.2, -0.15) is 10.4 Å². The smallest absolute Gasteiger partial charge is 0.136 e. The highest BCUT2D eigenvalue weighted by Crippen LogP contribution is 2.44. The predicted molar refractivity (Wildman–Crippen MR) is 156 cm³/mol. The van der Waals surface area contributed by atoms with E-state index >= 15 is 13.2 Å². The molecule has 2 N–H and O–H groups in total. The number of imidazole rings is 1. The van der Waals surface area contributed by atoms with Gasteiger partial charge in [-0.3, -0.25) is 4.98 Å². The number of ether oxygens (including phenoxy) is 1. The summed E-state index contributed by atoms with van der Waals surface area (Å²) >= 11 is 0. The van der Waals surface area contributed by atoms with E-state index < -0.39 is 17.3 Å². The number of benzene rings is 1. The molecular formula is C33H35F3N6O. The van der Waals surface area contributed by atoms with Crippen LogP contribution in [0.1, 0.15) is 80.3 Å².